The first-order chi connectivity index (χ1) is 13.7. The quantitative estimate of drug-likeness (QED) is 0.308. The summed E-state index contributed by atoms with van der Waals surface area (Å²) < 4.78 is 10.8. The van der Waals surface area contributed by atoms with Gasteiger partial charge >= 0.3 is 5.97 Å². The first-order valence-corrected chi connectivity index (χ1v) is 11.5. The summed E-state index contributed by atoms with van der Waals surface area (Å²) in [5.74, 6) is 1.26. The van der Waals surface area contributed by atoms with Crippen LogP contribution in [0.5, 0.6) is 0 Å². The van der Waals surface area contributed by atoms with E-state index < -0.39 is 0 Å². The number of esters is 1. The standard InChI is InChI=1S/C20H32ClN3O3S/c1-3-5-8-22-16(4-2)15-27-18(25)7-14-28-17-6-9-23-20(19(17)21)24-10-12-26-13-11-24/h6,9,16,22H,3-5,7-8,10-15H2,1-2H3. The number of pyridine rings is 1. The topological polar surface area (TPSA) is 63.7 Å². The molecule has 28 heavy (non-hydrogen) atoms. The van der Waals surface area contributed by atoms with Crippen LogP contribution < -0.4 is 10.2 Å². The Morgan fingerprint density at radius 3 is 2.93 bits per heavy atom. The molecule has 1 saturated heterocycles. The Balaban J connectivity index is 1.74. The highest BCUT2D eigenvalue weighted by Gasteiger charge is 2.18. The van der Waals surface area contributed by atoms with Crippen molar-refractivity contribution in [2.75, 3.05) is 50.1 Å². The number of nitrogens with zero attached hydrogens (tertiary/aromatic N) is 2. The number of nitrogens with one attached hydrogen (secondary N) is 1. The third kappa shape index (κ3) is 7.78. The van der Waals surface area contributed by atoms with Gasteiger partial charge in [0.05, 0.1) is 24.7 Å². The molecule has 0 saturated carbocycles. The normalized spacial score (nSPS) is 15.5. The fourth-order valence-corrected chi connectivity index (χ4v) is 4.10. The molecule has 2 heterocycles. The zero-order valence-electron chi connectivity index (χ0n) is 16.9. The molecule has 0 amide bonds. The molecule has 1 aliphatic heterocycles. The van der Waals surface area contributed by atoms with Gasteiger partial charge in [0.1, 0.15) is 12.4 Å². The van der Waals surface area contributed by atoms with Crippen LogP contribution in [0.15, 0.2) is 17.2 Å². The first kappa shape index (κ1) is 23.3. The number of carbonyl (C=O) groups is 1. The summed E-state index contributed by atoms with van der Waals surface area (Å²) in [7, 11) is 0. The number of hydrogen-bond acceptors (Lipinski definition) is 7. The molecule has 158 valence electrons. The Morgan fingerprint density at radius 1 is 1.43 bits per heavy atom. The molecule has 1 aromatic heterocycles. The maximum absolute atomic E-state index is 12.1. The number of ether oxygens (including phenoxy) is 2. The second kappa shape index (κ2) is 13.2. The molecule has 6 nitrogen and oxygen atoms in total. The average molecular weight is 430 g/mol. The molecule has 1 unspecified atom stereocenters. The number of aromatic nitrogens is 1. The van der Waals surface area contributed by atoms with Gasteiger partial charge in [-0.25, -0.2) is 4.98 Å². The van der Waals surface area contributed by atoms with Crippen molar-refractivity contribution in [3.63, 3.8) is 0 Å². The highest BCUT2D eigenvalue weighted by molar-refractivity contribution is 7.99. The van der Waals surface area contributed by atoms with E-state index in [1.165, 1.54) is 0 Å². The molecule has 1 N–H and O–H groups in total. The maximum Gasteiger partial charge on any atom is 0.306 e. The lowest BCUT2D eigenvalue weighted by Crippen LogP contribution is -2.37. The van der Waals surface area contributed by atoms with E-state index in [1.807, 2.05) is 6.07 Å². The second-order valence-electron chi connectivity index (χ2n) is 6.74. The molecule has 1 fully saturated rings. The van der Waals surface area contributed by atoms with Crippen LogP contribution in [0.3, 0.4) is 0 Å². The Labute approximate surface area is 177 Å². The maximum atomic E-state index is 12.1. The van der Waals surface area contributed by atoms with Crippen molar-refractivity contribution >= 4 is 35.1 Å². The Bertz CT molecular complexity index is 600. The lowest BCUT2D eigenvalue weighted by molar-refractivity contribution is -0.143. The van der Waals surface area contributed by atoms with E-state index in [0.717, 1.165) is 49.6 Å². The molecule has 1 aliphatic rings. The van der Waals surface area contributed by atoms with Gasteiger partial charge in [-0.05, 0) is 25.5 Å². The average Bonchev–Trinajstić information content (AvgIpc) is 2.72. The third-order valence-corrected chi connectivity index (χ3v) is 6.16. The minimum atomic E-state index is -0.165. The number of unbranched alkanes of at least 4 members (excludes halogenated alkanes) is 1. The number of rotatable bonds is 12. The summed E-state index contributed by atoms with van der Waals surface area (Å²) in [6.45, 7) is 8.62. The molecule has 0 aliphatic carbocycles. The van der Waals surface area contributed by atoms with Crippen LogP contribution in [-0.4, -0.2) is 62.2 Å². The smallest absolute Gasteiger partial charge is 0.306 e. The van der Waals surface area contributed by atoms with Crippen LogP contribution >= 0.6 is 23.4 Å². The van der Waals surface area contributed by atoms with Gasteiger partial charge in [-0.1, -0.05) is 31.9 Å². The fourth-order valence-electron chi connectivity index (χ4n) is 2.84. The Hall–Kier alpha value is -1.02. The zero-order chi connectivity index (χ0) is 20.2. The van der Waals surface area contributed by atoms with Crippen LogP contribution in [0.2, 0.25) is 5.02 Å². The van der Waals surface area contributed by atoms with Gasteiger partial charge in [-0.2, -0.15) is 0 Å². The van der Waals surface area contributed by atoms with E-state index >= 15 is 0 Å². The van der Waals surface area contributed by atoms with Crippen LogP contribution in [0.4, 0.5) is 5.82 Å². The van der Waals surface area contributed by atoms with E-state index in [-0.39, 0.29) is 12.0 Å². The monoisotopic (exact) mass is 429 g/mol. The highest BCUT2D eigenvalue weighted by atomic mass is 35.5. The van der Waals surface area contributed by atoms with Gasteiger partial charge in [-0.15, -0.1) is 11.8 Å². The number of carbonyl (C=O) groups excluding carboxylic acids is 1. The number of halogens is 1. The van der Waals surface area contributed by atoms with E-state index in [4.69, 9.17) is 21.1 Å². The van der Waals surface area contributed by atoms with Gasteiger partial charge in [0.15, 0.2) is 0 Å². The predicted molar refractivity (Wildman–Crippen MR) is 116 cm³/mol. The van der Waals surface area contributed by atoms with Crippen LogP contribution in [0.25, 0.3) is 0 Å². The number of thioether (sulfide) groups is 1. The van der Waals surface area contributed by atoms with Crippen LogP contribution in [0, 0.1) is 0 Å². The van der Waals surface area contributed by atoms with Crippen LogP contribution in [0.1, 0.15) is 39.5 Å². The van der Waals surface area contributed by atoms with Crippen molar-refractivity contribution in [2.24, 2.45) is 0 Å². The fraction of sp³-hybridized carbons (Fsp3) is 0.700. The first-order valence-electron chi connectivity index (χ1n) is 10.1. The van der Waals surface area contributed by atoms with Gasteiger partial charge in [0.25, 0.3) is 0 Å². The molecule has 8 heteroatoms. The molecular formula is C20H32ClN3O3S. The van der Waals surface area contributed by atoms with Crippen molar-refractivity contribution < 1.29 is 14.3 Å². The molecule has 1 aromatic rings. The lowest BCUT2D eigenvalue weighted by Gasteiger charge is -2.28. The largest absolute Gasteiger partial charge is 0.464 e. The van der Waals surface area contributed by atoms with E-state index in [2.05, 4.69) is 29.0 Å². The van der Waals surface area contributed by atoms with Gasteiger partial charge in [0, 0.05) is 36.0 Å². The van der Waals surface area contributed by atoms with Gasteiger partial charge in [-0.3, -0.25) is 4.79 Å². The Morgan fingerprint density at radius 2 is 2.21 bits per heavy atom. The molecule has 0 spiro atoms. The van der Waals surface area contributed by atoms with Gasteiger partial charge < -0.3 is 19.7 Å². The SMILES string of the molecule is CCCCNC(CC)COC(=O)CCSc1ccnc(N2CCOCC2)c1Cl. The summed E-state index contributed by atoms with van der Waals surface area (Å²) in [6.07, 6.45) is 5.38. The minimum absolute atomic E-state index is 0.165. The Kier molecular flexibility index (Phi) is 11.0. The van der Waals surface area contributed by atoms with Crippen molar-refractivity contribution in [3.05, 3.63) is 17.3 Å². The zero-order valence-corrected chi connectivity index (χ0v) is 18.5. The molecule has 0 radical (unpaired) electrons. The molecule has 0 bridgehead atoms. The number of anilines is 1. The lowest BCUT2D eigenvalue weighted by atomic mass is 10.2. The molecule has 2 rings (SSSR count). The summed E-state index contributed by atoms with van der Waals surface area (Å²) in [4.78, 5) is 19.6. The van der Waals surface area contributed by atoms with Crippen molar-refractivity contribution in [3.8, 4) is 0 Å². The second-order valence-corrected chi connectivity index (χ2v) is 8.26. The summed E-state index contributed by atoms with van der Waals surface area (Å²) in [6, 6.07) is 2.13. The number of hydrogen-bond donors (Lipinski definition) is 1. The van der Waals surface area contributed by atoms with Crippen molar-refractivity contribution in [1.82, 2.24) is 10.3 Å². The molecular weight excluding hydrogens is 398 g/mol. The third-order valence-electron chi connectivity index (χ3n) is 4.61. The minimum Gasteiger partial charge on any atom is -0.464 e. The number of morpholine rings is 1. The highest BCUT2D eigenvalue weighted by Crippen LogP contribution is 2.34. The molecule has 1 atom stereocenters. The molecule has 0 aromatic carbocycles. The summed E-state index contributed by atoms with van der Waals surface area (Å²) in [5, 5.41) is 4.08. The van der Waals surface area contributed by atoms with Crippen molar-refractivity contribution in [2.45, 2.75) is 50.5 Å². The predicted octanol–water partition coefficient (Wildman–Crippen LogP) is 3.77. The summed E-state index contributed by atoms with van der Waals surface area (Å²) >= 11 is 8.11. The van der Waals surface area contributed by atoms with E-state index in [1.54, 1.807) is 18.0 Å². The van der Waals surface area contributed by atoms with Gasteiger partial charge in [0.2, 0.25) is 0 Å². The van der Waals surface area contributed by atoms with E-state index in [9.17, 15) is 4.79 Å². The summed E-state index contributed by atoms with van der Waals surface area (Å²) in [5.41, 5.74) is 0. The van der Waals surface area contributed by atoms with Crippen LogP contribution in [-0.2, 0) is 14.3 Å². The van der Waals surface area contributed by atoms with E-state index in [0.29, 0.717) is 37.0 Å². The van der Waals surface area contributed by atoms with Crippen molar-refractivity contribution in [1.29, 1.82) is 0 Å².